The lowest BCUT2D eigenvalue weighted by Gasteiger charge is -2.26. The molecule has 0 bridgehead atoms. The normalized spacial score (nSPS) is 16.7. The lowest BCUT2D eigenvalue weighted by atomic mass is 9.81. The Morgan fingerprint density at radius 3 is 2.88 bits per heavy atom. The molecule has 140 valence electrons. The molecule has 3 nitrogen and oxygen atoms in total. The van der Waals surface area contributed by atoms with E-state index >= 15 is 0 Å². The van der Waals surface area contributed by atoms with Gasteiger partial charge in [-0.3, -0.25) is 4.18 Å². The minimum Gasteiger partial charge on any atom is -0.295 e. The van der Waals surface area contributed by atoms with E-state index in [4.69, 9.17) is 27.4 Å². The summed E-state index contributed by atoms with van der Waals surface area (Å²) in [7, 11) is 1.97. The van der Waals surface area contributed by atoms with E-state index in [0.717, 1.165) is 18.5 Å². The predicted octanol–water partition coefficient (Wildman–Crippen LogP) is 6.02. The summed E-state index contributed by atoms with van der Waals surface area (Å²) in [4.78, 5) is 0. The maximum atomic E-state index is 6.02. The molecule has 1 aliphatic carbocycles. The molecule has 0 spiro atoms. The standard InChI is InChI=1S/C20H24Cl2N2OS/c1-24(26-25-14-15-9-10-19(21)20(22)13-15)23-12-11-17-7-4-6-16-5-2-3-8-18(16)17/h2-3,5,8-10,13,17,23H,4,6-7,11-12,14H2,1H3. The average molecular weight is 411 g/mol. The van der Waals surface area contributed by atoms with Crippen LogP contribution >= 0.6 is 35.4 Å². The smallest absolute Gasteiger partial charge is 0.0974 e. The van der Waals surface area contributed by atoms with E-state index in [0.29, 0.717) is 22.6 Å². The van der Waals surface area contributed by atoms with Gasteiger partial charge in [0.2, 0.25) is 0 Å². The molecular weight excluding hydrogens is 387 g/mol. The van der Waals surface area contributed by atoms with Crippen LogP contribution in [0.5, 0.6) is 0 Å². The number of nitrogens with one attached hydrogen (secondary N) is 1. The Kier molecular flexibility index (Phi) is 7.67. The van der Waals surface area contributed by atoms with Crippen LogP contribution in [0.1, 0.15) is 41.9 Å². The van der Waals surface area contributed by atoms with E-state index in [-0.39, 0.29) is 0 Å². The Morgan fingerprint density at radius 1 is 1.19 bits per heavy atom. The number of aryl methyl sites for hydroxylation is 1. The molecule has 0 amide bonds. The number of nitrogens with zero attached hydrogens (tertiary/aromatic N) is 1. The molecule has 3 rings (SSSR count). The first kappa shape index (κ1) is 20.0. The lowest BCUT2D eigenvalue weighted by molar-refractivity contribution is 0.307. The summed E-state index contributed by atoms with van der Waals surface area (Å²) < 4.78 is 7.56. The molecule has 0 aliphatic heterocycles. The fourth-order valence-corrected chi connectivity index (χ4v) is 4.19. The van der Waals surface area contributed by atoms with E-state index in [1.165, 1.54) is 42.6 Å². The third-order valence-electron chi connectivity index (χ3n) is 4.70. The van der Waals surface area contributed by atoms with Gasteiger partial charge in [0.1, 0.15) is 0 Å². The van der Waals surface area contributed by atoms with Gasteiger partial charge in [-0.2, -0.15) is 4.41 Å². The SMILES string of the molecule is CN(NCCC1CCCc2ccccc21)SOCc1ccc(Cl)c(Cl)c1. The van der Waals surface area contributed by atoms with Crippen LogP contribution in [-0.2, 0) is 17.2 Å². The van der Waals surface area contributed by atoms with Gasteiger partial charge in [-0.25, -0.2) is 5.43 Å². The summed E-state index contributed by atoms with van der Waals surface area (Å²) in [6.07, 6.45) is 4.93. The Morgan fingerprint density at radius 2 is 2.04 bits per heavy atom. The van der Waals surface area contributed by atoms with Crippen LogP contribution in [0.2, 0.25) is 10.0 Å². The number of hydrogen-bond acceptors (Lipinski definition) is 4. The number of hydrogen-bond donors (Lipinski definition) is 1. The van der Waals surface area contributed by atoms with Crippen molar-refractivity contribution in [2.75, 3.05) is 13.6 Å². The summed E-state index contributed by atoms with van der Waals surface area (Å²) in [6.45, 7) is 1.40. The van der Waals surface area contributed by atoms with Crippen LogP contribution in [0, 0.1) is 0 Å². The van der Waals surface area contributed by atoms with Crippen LogP contribution in [0.3, 0.4) is 0 Å². The predicted molar refractivity (Wildman–Crippen MR) is 111 cm³/mol. The Balaban J connectivity index is 1.37. The summed E-state index contributed by atoms with van der Waals surface area (Å²) in [5.74, 6) is 0.656. The summed E-state index contributed by atoms with van der Waals surface area (Å²) in [5.41, 5.74) is 7.45. The first-order chi connectivity index (χ1) is 12.6. The van der Waals surface area contributed by atoms with Crippen molar-refractivity contribution in [3.05, 3.63) is 69.2 Å². The van der Waals surface area contributed by atoms with Crippen molar-refractivity contribution in [3.63, 3.8) is 0 Å². The van der Waals surface area contributed by atoms with Crippen molar-refractivity contribution in [2.24, 2.45) is 0 Å². The van der Waals surface area contributed by atoms with Crippen LogP contribution in [-0.4, -0.2) is 18.0 Å². The molecule has 0 aromatic heterocycles. The van der Waals surface area contributed by atoms with Gasteiger partial charge in [0.05, 0.1) is 28.9 Å². The Labute approximate surface area is 170 Å². The summed E-state index contributed by atoms with van der Waals surface area (Å²) in [5, 5.41) is 1.11. The first-order valence-electron chi connectivity index (χ1n) is 8.92. The second-order valence-electron chi connectivity index (χ2n) is 6.57. The highest BCUT2D eigenvalue weighted by Crippen LogP contribution is 2.33. The minimum atomic E-state index is 0.476. The molecule has 1 atom stereocenters. The van der Waals surface area contributed by atoms with Crippen molar-refractivity contribution in [2.45, 2.75) is 38.2 Å². The van der Waals surface area contributed by atoms with Gasteiger partial charge >= 0.3 is 0 Å². The summed E-state index contributed by atoms with van der Waals surface area (Å²) in [6, 6.07) is 14.4. The third kappa shape index (κ3) is 5.62. The van der Waals surface area contributed by atoms with Crippen molar-refractivity contribution in [1.29, 1.82) is 0 Å². The number of fused-ring (bicyclic) bond motifs is 1. The molecule has 1 aliphatic rings. The van der Waals surface area contributed by atoms with Gasteiger partial charge in [-0.1, -0.05) is 53.5 Å². The number of hydrazine groups is 1. The fraction of sp³-hybridized carbons (Fsp3) is 0.400. The monoisotopic (exact) mass is 410 g/mol. The molecule has 2 aromatic rings. The van der Waals surface area contributed by atoms with Crippen LogP contribution in [0.4, 0.5) is 0 Å². The molecule has 26 heavy (non-hydrogen) atoms. The zero-order chi connectivity index (χ0) is 18.4. The molecule has 2 aromatic carbocycles. The third-order valence-corrected chi connectivity index (χ3v) is 6.01. The molecule has 0 heterocycles. The Bertz CT molecular complexity index is 729. The van der Waals surface area contributed by atoms with Gasteiger partial charge in [-0.05, 0) is 60.4 Å². The number of halogens is 2. The maximum absolute atomic E-state index is 6.02. The van der Waals surface area contributed by atoms with Crippen LogP contribution < -0.4 is 5.43 Å². The van der Waals surface area contributed by atoms with Gasteiger partial charge < -0.3 is 0 Å². The van der Waals surface area contributed by atoms with Gasteiger partial charge in [0.15, 0.2) is 0 Å². The maximum Gasteiger partial charge on any atom is 0.0974 e. The molecule has 0 saturated heterocycles. The molecular formula is C20H24Cl2N2OS. The van der Waals surface area contributed by atoms with Crippen molar-refractivity contribution >= 4 is 35.4 Å². The number of benzene rings is 2. The van der Waals surface area contributed by atoms with Gasteiger partial charge in [0.25, 0.3) is 0 Å². The second kappa shape index (κ2) is 9.98. The first-order valence-corrected chi connectivity index (χ1v) is 10.4. The molecule has 0 radical (unpaired) electrons. The van der Waals surface area contributed by atoms with E-state index in [1.54, 1.807) is 6.07 Å². The fourth-order valence-electron chi connectivity index (χ4n) is 3.38. The second-order valence-corrected chi connectivity index (χ2v) is 8.31. The molecule has 6 heteroatoms. The van der Waals surface area contributed by atoms with Crippen LogP contribution in [0.15, 0.2) is 42.5 Å². The van der Waals surface area contributed by atoms with E-state index < -0.39 is 0 Å². The lowest BCUT2D eigenvalue weighted by Crippen LogP contribution is -2.30. The molecule has 1 unspecified atom stereocenters. The van der Waals surface area contributed by atoms with E-state index in [1.807, 2.05) is 23.6 Å². The minimum absolute atomic E-state index is 0.476. The zero-order valence-electron chi connectivity index (χ0n) is 14.9. The van der Waals surface area contributed by atoms with E-state index in [2.05, 4.69) is 29.7 Å². The number of rotatable bonds is 8. The molecule has 0 fully saturated rings. The quantitative estimate of drug-likeness (QED) is 0.326. The highest BCUT2D eigenvalue weighted by atomic mass is 35.5. The van der Waals surface area contributed by atoms with E-state index in [9.17, 15) is 0 Å². The molecule has 1 N–H and O–H groups in total. The Hall–Kier alpha value is -0.750. The summed E-state index contributed by atoms with van der Waals surface area (Å²) >= 11 is 13.2. The highest BCUT2D eigenvalue weighted by Gasteiger charge is 2.19. The topological polar surface area (TPSA) is 24.5 Å². The van der Waals surface area contributed by atoms with Gasteiger partial charge in [0, 0.05) is 13.6 Å². The highest BCUT2D eigenvalue weighted by molar-refractivity contribution is 7.92. The van der Waals surface area contributed by atoms with Crippen LogP contribution in [0.25, 0.3) is 0 Å². The molecule has 0 saturated carbocycles. The average Bonchev–Trinajstić information content (AvgIpc) is 2.65. The zero-order valence-corrected chi connectivity index (χ0v) is 17.2. The largest absolute Gasteiger partial charge is 0.295 e. The van der Waals surface area contributed by atoms with Crippen molar-refractivity contribution < 1.29 is 4.18 Å². The van der Waals surface area contributed by atoms with Gasteiger partial charge in [-0.15, -0.1) is 0 Å². The van der Waals surface area contributed by atoms with Crippen molar-refractivity contribution in [3.8, 4) is 0 Å². The van der Waals surface area contributed by atoms with Crippen molar-refractivity contribution in [1.82, 2.24) is 9.84 Å².